The quantitative estimate of drug-likeness (QED) is 0.178. The molecular formula is C17H35IN4O5S. The third-order valence-electron chi connectivity index (χ3n) is 5.15. The molecule has 0 aromatic carbocycles. The summed E-state index contributed by atoms with van der Waals surface area (Å²) < 4.78 is 37.9. The van der Waals surface area contributed by atoms with Crippen LogP contribution in [0.3, 0.4) is 0 Å². The van der Waals surface area contributed by atoms with Crippen LogP contribution in [-0.4, -0.2) is 84.5 Å². The van der Waals surface area contributed by atoms with Crippen LogP contribution in [0.1, 0.15) is 32.1 Å². The van der Waals surface area contributed by atoms with E-state index in [9.17, 15) is 13.5 Å². The van der Waals surface area contributed by atoms with Gasteiger partial charge in [-0.25, -0.2) is 13.1 Å². The average Bonchev–Trinajstić information content (AvgIpc) is 3.13. The van der Waals surface area contributed by atoms with E-state index in [2.05, 4.69) is 20.3 Å². The van der Waals surface area contributed by atoms with Gasteiger partial charge in [-0.3, -0.25) is 4.99 Å². The second-order valence-electron chi connectivity index (χ2n) is 7.28. The number of halogens is 1. The van der Waals surface area contributed by atoms with Crippen molar-refractivity contribution in [3.05, 3.63) is 0 Å². The molecule has 2 rings (SSSR count). The number of hydrogen-bond acceptors (Lipinski definition) is 6. The molecule has 0 radical (unpaired) electrons. The molecule has 0 spiro atoms. The highest BCUT2D eigenvalue weighted by Gasteiger charge is 2.34. The van der Waals surface area contributed by atoms with Crippen molar-refractivity contribution in [3.8, 4) is 0 Å². The van der Waals surface area contributed by atoms with E-state index >= 15 is 0 Å². The van der Waals surface area contributed by atoms with E-state index in [1.54, 1.807) is 7.05 Å². The number of hydrogen-bond donors (Lipinski definition) is 4. The Labute approximate surface area is 185 Å². The summed E-state index contributed by atoms with van der Waals surface area (Å²) >= 11 is 0. The fourth-order valence-corrected chi connectivity index (χ4v) is 4.32. The van der Waals surface area contributed by atoms with Crippen LogP contribution in [-0.2, 0) is 19.5 Å². The summed E-state index contributed by atoms with van der Waals surface area (Å²) in [6.45, 7) is 3.34. The summed E-state index contributed by atoms with van der Waals surface area (Å²) in [7, 11) is -1.72. The number of nitrogens with one attached hydrogen (secondary N) is 3. The molecule has 0 aromatic rings. The van der Waals surface area contributed by atoms with Crippen molar-refractivity contribution in [2.24, 2.45) is 10.4 Å². The highest BCUT2D eigenvalue weighted by Crippen LogP contribution is 2.31. The molecule has 2 saturated heterocycles. The van der Waals surface area contributed by atoms with Gasteiger partial charge in [0.05, 0.1) is 18.5 Å². The Bertz CT molecular complexity index is 564. The molecule has 2 fully saturated rings. The van der Waals surface area contributed by atoms with E-state index in [1.165, 1.54) is 0 Å². The zero-order valence-corrected chi connectivity index (χ0v) is 19.8. The second-order valence-corrected chi connectivity index (χ2v) is 9.21. The number of ether oxygens (including phenoxy) is 2. The predicted octanol–water partition coefficient (Wildman–Crippen LogP) is 0.0470. The molecule has 2 heterocycles. The fourth-order valence-electron chi connectivity index (χ4n) is 3.37. The number of nitrogens with zero attached hydrogens (tertiary/aromatic N) is 1. The maximum Gasteiger partial charge on any atom is 0.213 e. The SMILES string of the molecule is CN=C(NCCS(=O)(=O)NCC1CCCCO1)NCC1(CCO)CCOC1.I. The van der Waals surface area contributed by atoms with Gasteiger partial charge in [0.1, 0.15) is 0 Å². The molecular weight excluding hydrogens is 499 g/mol. The lowest BCUT2D eigenvalue weighted by Crippen LogP contribution is -2.46. The van der Waals surface area contributed by atoms with E-state index in [0.29, 0.717) is 45.3 Å². The molecule has 166 valence electrons. The number of guanidine groups is 1. The third-order valence-corrected chi connectivity index (χ3v) is 6.50. The van der Waals surface area contributed by atoms with Crippen LogP contribution in [0.4, 0.5) is 0 Å². The van der Waals surface area contributed by atoms with E-state index in [-0.39, 0.29) is 54.4 Å². The normalized spacial score (nSPS) is 25.9. The van der Waals surface area contributed by atoms with Gasteiger partial charge in [0.15, 0.2) is 5.96 Å². The smallest absolute Gasteiger partial charge is 0.213 e. The fraction of sp³-hybridized carbons (Fsp3) is 0.941. The van der Waals surface area contributed by atoms with Crippen LogP contribution in [0.5, 0.6) is 0 Å². The van der Waals surface area contributed by atoms with Gasteiger partial charge in [-0.1, -0.05) is 0 Å². The zero-order chi connectivity index (χ0) is 19.6. The van der Waals surface area contributed by atoms with Crippen LogP contribution in [0.2, 0.25) is 0 Å². The highest BCUT2D eigenvalue weighted by molar-refractivity contribution is 14.0. The number of aliphatic imine (C=N–C) groups is 1. The first kappa shape index (κ1) is 25.8. The number of sulfonamides is 1. The van der Waals surface area contributed by atoms with E-state index in [1.807, 2.05) is 0 Å². The maximum atomic E-state index is 12.1. The molecule has 0 aliphatic carbocycles. The van der Waals surface area contributed by atoms with Crippen LogP contribution in [0.15, 0.2) is 4.99 Å². The molecule has 0 bridgehead atoms. The van der Waals surface area contributed by atoms with Crippen molar-refractivity contribution in [2.45, 2.75) is 38.2 Å². The maximum absolute atomic E-state index is 12.1. The molecule has 2 aliphatic heterocycles. The minimum Gasteiger partial charge on any atom is -0.396 e. The van der Waals surface area contributed by atoms with Crippen molar-refractivity contribution in [3.63, 3.8) is 0 Å². The van der Waals surface area contributed by atoms with Gasteiger partial charge in [-0.05, 0) is 32.1 Å². The van der Waals surface area contributed by atoms with Crippen LogP contribution in [0, 0.1) is 5.41 Å². The Balaban J connectivity index is 0.00000392. The first-order chi connectivity index (χ1) is 13.0. The van der Waals surface area contributed by atoms with Gasteiger partial charge in [0.2, 0.25) is 10.0 Å². The number of rotatable bonds is 10. The van der Waals surface area contributed by atoms with Gasteiger partial charge >= 0.3 is 0 Å². The zero-order valence-electron chi connectivity index (χ0n) is 16.6. The molecule has 0 amide bonds. The standard InChI is InChI=1S/C17H34N4O5S.HI/c1-18-16(20-13-17(5-8-22)6-10-25-14-17)19-7-11-27(23,24)21-12-15-4-2-3-9-26-15;/h15,21-22H,2-14H2,1H3,(H2,18,19,20);1H. The van der Waals surface area contributed by atoms with Gasteiger partial charge in [0.25, 0.3) is 0 Å². The first-order valence-electron chi connectivity index (χ1n) is 9.71. The van der Waals surface area contributed by atoms with Crippen molar-refractivity contribution in [2.75, 3.05) is 58.9 Å². The van der Waals surface area contributed by atoms with Crippen LogP contribution < -0.4 is 15.4 Å². The van der Waals surface area contributed by atoms with E-state index in [0.717, 1.165) is 25.7 Å². The van der Waals surface area contributed by atoms with Crippen molar-refractivity contribution in [1.29, 1.82) is 0 Å². The van der Waals surface area contributed by atoms with E-state index < -0.39 is 10.0 Å². The average molecular weight is 534 g/mol. The molecule has 2 unspecified atom stereocenters. The van der Waals surface area contributed by atoms with Crippen molar-refractivity contribution < 1.29 is 23.0 Å². The molecule has 0 aromatic heterocycles. The molecule has 9 nitrogen and oxygen atoms in total. The van der Waals surface area contributed by atoms with Gasteiger partial charge in [-0.2, -0.15) is 0 Å². The second kappa shape index (κ2) is 13.2. The Morgan fingerprint density at radius 2 is 2.11 bits per heavy atom. The lowest BCUT2D eigenvalue weighted by Gasteiger charge is -2.27. The minimum atomic E-state index is -3.36. The molecule has 2 atom stereocenters. The summed E-state index contributed by atoms with van der Waals surface area (Å²) in [6.07, 6.45) is 4.56. The van der Waals surface area contributed by atoms with Crippen molar-refractivity contribution in [1.82, 2.24) is 15.4 Å². The topological polar surface area (TPSA) is 121 Å². The molecule has 2 aliphatic rings. The summed E-state index contributed by atoms with van der Waals surface area (Å²) in [4.78, 5) is 4.14. The predicted molar refractivity (Wildman–Crippen MR) is 120 cm³/mol. The monoisotopic (exact) mass is 534 g/mol. The van der Waals surface area contributed by atoms with Crippen LogP contribution >= 0.6 is 24.0 Å². The minimum absolute atomic E-state index is 0. The lowest BCUT2D eigenvalue weighted by molar-refractivity contribution is 0.0200. The first-order valence-corrected chi connectivity index (χ1v) is 11.4. The molecule has 4 N–H and O–H groups in total. The van der Waals surface area contributed by atoms with Gasteiger partial charge < -0.3 is 25.2 Å². The van der Waals surface area contributed by atoms with Crippen LogP contribution in [0.25, 0.3) is 0 Å². The summed E-state index contributed by atoms with van der Waals surface area (Å²) in [5.41, 5.74) is -0.0972. The highest BCUT2D eigenvalue weighted by atomic mass is 127. The summed E-state index contributed by atoms with van der Waals surface area (Å²) in [5.74, 6) is 0.510. The van der Waals surface area contributed by atoms with E-state index in [4.69, 9.17) is 9.47 Å². The van der Waals surface area contributed by atoms with Gasteiger partial charge in [-0.15, -0.1) is 24.0 Å². The third kappa shape index (κ3) is 9.08. The Morgan fingerprint density at radius 3 is 2.71 bits per heavy atom. The Hall–Kier alpha value is -0.210. The van der Waals surface area contributed by atoms with Crippen molar-refractivity contribution >= 4 is 40.0 Å². The summed E-state index contributed by atoms with van der Waals surface area (Å²) in [5, 5.41) is 15.5. The number of aliphatic hydroxyl groups excluding tert-OH is 1. The molecule has 28 heavy (non-hydrogen) atoms. The Kier molecular flexibility index (Phi) is 12.1. The molecule has 0 saturated carbocycles. The number of aliphatic hydroxyl groups is 1. The molecule has 11 heteroatoms. The lowest BCUT2D eigenvalue weighted by atomic mass is 9.84. The van der Waals surface area contributed by atoms with Gasteiger partial charge in [0, 0.05) is 51.9 Å². The Morgan fingerprint density at radius 1 is 1.29 bits per heavy atom. The largest absolute Gasteiger partial charge is 0.396 e. The summed E-state index contributed by atoms with van der Waals surface area (Å²) in [6, 6.07) is 0.